The minimum Gasteiger partial charge on any atom is -0.329 e. The van der Waals surface area contributed by atoms with Crippen LogP contribution in [0.5, 0.6) is 0 Å². The van der Waals surface area contributed by atoms with E-state index in [-0.39, 0.29) is 18.4 Å². The Morgan fingerprint density at radius 1 is 1.36 bits per heavy atom. The van der Waals surface area contributed by atoms with Gasteiger partial charge >= 0.3 is 18.1 Å². The molecule has 0 radical (unpaired) electrons. The molecule has 1 fully saturated rings. The largest absolute Gasteiger partial charge is 0.471 e. The van der Waals surface area contributed by atoms with Crippen molar-refractivity contribution in [2.24, 2.45) is 0 Å². The molecule has 0 unspecified atom stereocenters. The molecule has 154 valence electrons. The fourth-order valence-electron chi connectivity index (χ4n) is 2.62. The van der Waals surface area contributed by atoms with Crippen molar-refractivity contribution in [2.75, 3.05) is 13.1 Å². The molecule has 3 rings (SSSR count). The van der Waals surface area contributed by atoms with E-state index >= 15 is 0 Å². The SMILES string of the molecule is CCN(Cc1ccc(-c2noc(C(F)(F)F)n2)s1)C(=O)N(CC(F)F)C1CC1. The van der Waals surface area contributed by atoms with Gasteiger partial charge in [0.1, 0.15) is 0 Å². The number of alkyl halides is 5. The first-order valence-corrected chi connectivity index (χ1v) is 9.34. The molecule has 2 aromatic heterocycles. The molecule has 0 aromatic carbocycles. The molecular formula is C16H17F5N4O2S. The Bertz CT molecular complexity index is 818. The third-order valence-electron chi connectivity index (χ3n) is 4.12. The lowest BCUT2D eigenvalue weighted by atomic mass is 10.3. The Morgan fingerprint density at radius 2 is 2.07 bits per heavy atom. The number of thiophene rings is 1. The van der Waals surface area contributed by atoms with Crippen LogP contribution in [-0.2, 0) is 12.7 Å². The topological polar surface area (TPSA) is 62.5 Å². The van der Waals surface area contributed by atoms with Gasteiger partial charge in [0.05, 0.1) is 18.0 Å². The third kappa shape index (κ3) is 4.78. The number of amides is 2. The van der Waals surface area contributed by atoms with E-state index in [1.807, 2.05) is 0 Å². The summed E-state index contributed by atoms with van der Waals surface area (Å²) in [6.45, 7) is 1.57. The van der Waals surface area contributed by atoms with E-state index in [1.54, 1.807) is 13.0 Å². The van der Waals surface area contributed by atoms with Crippen LogP contribution in [0, 0.1) is 0 Å². The smallest absolute Gasteiger partial charge is 0.329 e. The third-order valence-corrected chi connectivity index (χ3v) is 5.18. The Hall–Kier alpha value is -2.24. The maximum Gasteiger partial charge on any atom is 0.471 e. The van der Waals surface area contributed by atoms with E-state index in [0.717, 1.165) is 11.3 Å². The number of carbonyl (C=O) groups is 1. The number of hydrogen-bond acceptors (Lipinski definition) is 5. The van der Waals surface area contributed by atoms with Crippen LogP contribution in [0.1, 0.15) is 30.5 Å². The van der Waals surface area contributed by atoms with E-state index in [1.165, 1.54) is 15.9 Å². The van der Waals surface area contributed by atoms with E-state index in [4.69, 9.17) is 0 Å². The van der Waals surface area contributed by atoms with Crippen LogP contribution < -0.4 is 0 Å². The van der Waals surface area contributed by atoms with Crippen LogP contribution in [0.15, 0.2) is 16.7 Å². The maximum absolute atomic E-state index is 12.8. The van der Waals surface area contributed by atoms with E-state index in [9.17, 15) is 26.7 Å². The van der Waals surface area contributed by atoms with Crippen molar-refractivity contribution in [3.05, 3.63) is 22.9 Å². The highest BCUT2D eigenvalue weighted by Gasteiger charge is 2.39. The molecule has 2 heterocycles. The first kappa shape index (κ1) is 20.5. The molecule has 1 aliphatic carbocycles. The normalized spacial score (nSPS) is 14.5. The number of urea groups is 1. The van der Waals surface area contributed by atoms with Crippen LogP contribution in [0.25, 0.3) is 10.7 Å². The van der Waals surface area contributed by atoms with Gasteiger partial charge in [-0.25, -0.2) is 13.6 Å². The Balaban J connectivity index is 1.70. The average molecular weight is 424 g/mol. The van der Waals surface area contributed by atoms with Crippen LogP contribution in [0.2, 0.25) is 0 Å². The maximum atomic E-state index is 12.8. The van der Waals surface area contributed by atoms with Crippen molar-refractivity contribution in [1.82, 2.24) is 19.9 Å². The second-order valence-electron chi connectivity index (χ2n) is 6.26. The number of aromatic nitrogens is 2. The zero-order chi connectivity index (χ0) is 20.5. The predicted octanol–water partition coefficient (Wildman–Crippen LogP) is 4.49. The van der Waals surface area contributed by atoms with Gasteiger partial charge in [-0.1, -0.05) is 5.16 Å². The number of halogens is 5. The fraction of sp³-hybridized carbons (Fsp3) is 0.562. The Morgan fingerprint density at radius 3 is 2.61 bits per heavy atom. The molecule has 0 N–H and O–H groups in total. The van der Waals surface area contributed by atoms with Crippen molar-refractivity contribution >= 4 is 17.4 Å². The van der Waals surface area contributed by atoms with E-state index < -0.39 is 31.1 Å². The molecule has 2 aromatic rings. The van der Waals surface area contributed by atoms with Crippen LogP contribution >= 0.6 is 11.3 Å². The van der Waals surface area contributed by atoms with Crippen molar-refractivity contribution in [3.8, 4) is 10.7 Å². The summed E-state index contributed by atoms with van der Waals surface area (Å²) in [5.74, 6) is -1.63. The van der Waals surface area contributed by atoms with Gasteiger partial charge in [-0.3, -0.25) is 0 Å². The van der Waals surface area contributed by atoms with Crippen LogP contribution in [-0.4, -0.2) is 51.5 Å². The molecule has 0 saturated heterocycles. The summed E-state index contributed by atoms with van der Waals surface area (Å²) >= 11 is 1.11. The molecule has 6 nitrogen and oxygen atoms in total. The van der Waals surface area contributed by atoms with Crippen molar-refractivity contribution in [2.45, 2.75) is 45.0 Å². The lowest BCUT2D eigenvalue weighted by Crippen LogP contribution is -2.45. The number of carbonyl (C=O) groups excluding carboxylic acids is 1. The number of rotatable bonds is 7. The first-order chi connectivity index (χ1) is 13.2. The Kier molecular flexibility index (Phi) is 5.87. The van der Waals surface area contributed by atoms with Gasteiger partial charge in [-0.05, 0) is 31.9 Å². The van der Waals surface area contributed by atoms with Gasteiger partial charge in [0.15, 0.2) is 0 Å². The van der Waals surface area contributed by atoms with Gasteiger partial charge in [-0.2, -0.15) is 18.2 Å². The fourth-order valence-corrected chi connectivity index (χ4v) is 3.57. The van der Waals surface area contributed by atoms with E-state index in [0.29, 0.717) is 29.1 Å². The summed E-state index contributed by atoms with van der Waals surface area (Å²) in [7, 11) is 0. The monoisotopic (exact) mass is 424 g/mol. The molecule has 28 heavy (non-hydrogen) atoms. The predicted molar refractivity (Wildman–Crippen MR) is 89.8 cm³/mol. The molecule has 0 bridgehead atoms. The second-order valence-corrected chi connectivity index (χ2v) is 7.43. The van der Waals surface area contributed by atoms with Crippen LogP contribution in [0.4, 0.5) is 26.7 Å². The second kappa shape index (κ2) is 8.02. The lowest BCUT2D eigenvalue weighted by Gasteiger charge is -2.29. The van der Waals surface area contributed by atoms with Crippen molar-refractivity contribution in [1.29, 1.82) is 0 Å². The highest BCUT2D eigenvalue weighted by atomic mass is 32.1. The minimum absolute atomic E-state index is 0.149. The minimum atomic E-state index is -4.73. The quantitative estimate of drug-likeness (QED) is 0.615. The molecular weight excluding hydrogens is 407 g/mol. The zero-order valence-electron chi connectivity index (χ0n) is 14.7. The zero-order valence-corrected chi connectivity index (χ0v) is 15.6. The highest BCUT2D eigenvalue weighted by molar-refractivity contribution is 7.15. The molecule has 2 amide bonds. The molecule has 1 saturated carbocycles. The van der Waals surface area contributed by atoms with Gasteiger partial charge in [0, 0.05) is 17.5 Å². The van der Waals surface area contributed by atoms with E-state index in [2.05, 4.69) is 14.7 Å². The summed E-state index contributed by atoms with van der Waals surface area (Å²) in [6.07, 6.45) is -5.93. The van der Waals surface area contributed by atoms with Gasteiger partial charge < -0.3 is 14.3 Å². The average Bonchev–Trinajstić information content (AvgIpc) is 3.14. The Labute approximate surface area is 160 Å². The summed E-state index contributed by atoms with van der Waals surface area (Å²) < 4.78 is 67.5. The molecule has 0 atom stereocenters. The van der Waals surface area contributed by atoms with Crippen molar-refractivity contribution < 1.29 is 31.3 Å². The molecule has 12 heteroatoms. The number of hydrogen-bond donors (Lipinski definition) is 0. The summed E-state index contributed by atoms with van der Waals surface area (Å²) in [5.41, 5.74) is 0. The van der Waals surface area contributed by atoms with Gasteiger partial charge in [-0.15, -0.1) is 11.3 Å². The summed E-state index contributed by atoms with van der Waals surface area (Å²) in [4.78, 5) is 19.6. The summed E-state index contributed by atoms with van der Waals surface area (Å²) in [6, 6.07) is 2.53. The summed E-state index contributed by atoms with van der Waals surface area (Å²) in [5, 5.41) is 3.33. The van der Waals surface area contributed by atoms with Crippen molar-refractivity contribution in [3.63, 3.8) is 0 Å². The standard InChI is InChI=1S/C16H17F5N4O2S/c1-2-24(15(26)25(8-12(17)18)9-3-4-9)7-10-5-6-11(28-10)13-22-14(27-23-13)16(19,20)21/h5-6,9,12H,2-4,7-8H2,1H3. The number of nitrogens with zero attached hydrogens (tertiary/aromatic N) is 4. The first-order valence-electron chi connectivity index (χ1n) is 8.52. The molecule has 1 aliphatic rings. The van der Waals surface area contributed by atoms with Gasteiger partial charge in [0.25, 0.3) is 6.43 Å². The van der Waals surface area contributed by atoms with Crippen LogP contribution in [0.3, 0.4) is 0 Å². The highest BCUT2D eigenvalue weighted by Crippen LogP contribution is 2.33. The molecule has 0 aliphatic heterocycles. The van der Waals surface area contributed by atoms with Gasteiger partial charge in [0.2, 0.25) is 5.82 Å². The molecule has 0 spiro atoms. The lowest BCUT2D eigenvalue weighted by molar-refractivity contribution is -0.159.